The summed E-state index contributed by atoms with van der Waals surface area (Å²) in [4.78, 5) is 17.5. The van der Waals surface area contributed by atoms with Crippen molar-refractivity contribution in [2.75, 3.05) is 18.4 Å². The standard InChI is InChI=1S/C16H18FN3O3S2/c1-11-10-18-16(24-11)19-15(21)12-6-8-20(9-7-12)25(22,23)14-4-2-13(17)3-5-14/h2-5,10,12H,6-9H2,1H3,(H,18,19,21). The number of benzene rings is 1. The summed E-state index contributed by atoms with van der Waals surface area (Å²) in [7, 11) is -3.66. The van der Waals surface area contributed by atoms with Crippen molar-refractivity contribution < 1.29 is 17.6 Å². The third kappa shape index (κ3) is 4.05. The van der Waals surface area contributed by atoms with Crippen LogP contribution in [0.1, 0.15) is 17.7 Å². The third-order valence-corrected chi connectivity index (χ3v) is 6.87. The smallest absolute Gasteiger partial charge is 0.243 e. The van der Waals surface area contributed by atoms with Gasteiger partial charge in [-0.3, -0.25) is 4.79 Å². The van der Waals surface area contributed by atoms with Gasteiger partial charge in [-0.25, -0.2) is 17.8 Å². The monoisotopic (exact) mass is 383 g/mol. The van der Waals surface area contributed by atoms with E-state index in [0.29, 0.717) is 18.0 Å². The second-order valence-electron chi connectivity index (χ2n) is 5.90. The highest BCUT2D eigenvalue weighted by Gasteiger charge is 2.32. The molecule has 0 radical (unpaired) electrons. The fourth-order valence-electron chi connectivity index (χ4n) is 2.73. The Balaban J connectivity index is 1.61. The number of thiazole rings is 1. The topological polar surface area (TPSA) is 79.4 Å². The van der Waals surface area contributed by atoms with E-state index in [4.69, 9.17) is 0 Å². The summed E-state index contributed by atoms with van der Waals surface area (Å²) in [5.74, 6) is -0.858. The average molecular weight is 383 g/mol. The minimum absolute atomic E-state index is 0.0649. The van der Waals surface area contributed by atoms with Crippen molar-refractivity contribution >= 4 is 32.4 Å². The number of rotatable bonds is 4. The number of aromatic nitrogens is 1. The van der Waals surface area contributed by atoms with E-state index in [1.165, 1.54) is 27.8 Å². The number of nitrogens with one attached hydrogen (secondary N) is 1. The van der Waals surface area contributed by atoms with E-state index in [0.717, 1.165) is 17.0 Å². The van der Waals surface area contributed by atoms with Crippen LogP contribution < -0.4 is 5.32 Å². The van der Waals surface area contributed by atoms with Gasteiger partial charge in [0.15, 0.2) is 5.13 Å². The van der Waals surface area contributed by atoms with Crippen molar-refractivity contribution in [2.45, 2.75) is 24.7 Å². The first-order valence-electron chi connectivity index (χ1n) is 7.85. The number of halogens is 1. The maximum atomic E-state index is 13.0. The normalized spacial score (nSPS) is 16.7. The van der Waals surface area contributed by atoms with Crippen LogP contribution in [0, 0.1) is 18.7 Å². The van der Waals surface area contributed by atoms with Crippen molar-refractivity contribution in [1.29, 1.82) is 0 Å². The van der Waals surface area contributed by atoms with Crippen molar-refractivity contribution in [1.82, 2.24) is 9.29 Å². The van der Waals surface area contributed by atoms with Gasteiger partial charge in [-0.15, -0.1) is 11.3 Å². The van der Waals surface area contributed by atoms with Crippen molar-refractivity contribution in [3.63, 3.8) is 0 Å². The predicted molar refractivity (Wildman–Crippen MR) is 93.4 cm³/mol. The molecule has 6 nitrogen and oxygen atoms in total. The SMILES string of the molecule is Cc1cnc(NC(=O)C2CCN(S(=O)(=O)c3ccc(F)cc3)CC2)s1. The van der Waals surface area contributed by atoms with Crippen LogP contribution in [0.5, 0.6) is 0 Å². The maximum absolute atomic E-state index is 13.0. The quantitative estimate of drug-likeness (QED) is 0.880. The first kappa shape index (κ1) is 18.0. The van der Waals surface area contributed by atoms with Crippen LogP contribution in [0.3, 0.4) is 0 Å². The Hall–Kier alpha value is -1.84. The number of aryl methyl sites for hydroxylation is 1. The summed E-state index contributed by atoms with van der Waals surface area (Å²) < 4.78 is 39.5. The Kier molecular flexibility index (Phi) is 5.16. The number of carbonyl (C=O) groups excluding carboxylic acids is 1. The number of carbonyl (C=O) groups is 1. The Labute approximate surface area is 149 Å². The van der Waals surface area contributed by atoms with E-state index in [9.17, 15) is 17.6 Å². The van der Waals surface area contributed by atoms with Gasteiger partial charge < -0.3 is 5.32 Å². The molecule has 1 N–H and O–H groups in total. The van der Waals surface area contributed by atoms with Crippen LogP contribution in [-0.4, -0.2) is 36.7 Å². The molecule has 0 spiro atoms. The van der Waals surface area contributed by atoms with E-state index in [1.54, 1.807) is 6.20 Å². The highest BCUT2D eigenvalue weighted by Crippen LogP contribution is 2.25. The first-order chi connectivity index (χ1) is 11.9. The summed E-state index contributed by atoms with van der Waals surface area (Å²) in [6.07, 6.45) is 2.57. The Bertz CT molecular complexity index is 857. The number of hydrogen-bond acceptors (Lipinski definition) is 5. The van der Waals surface area contributed by atoms with Crippen LogP contribution in [0.4, 0.5) is 9.52 Å². The maximum Gasteiger partial charge on any atom is 0.243 e. The van der Waals surface area contributed by atoms with Gasteiger partial charge in [0.2, 0.25) is 15.9 Å². The number of sulfonamides is 1. The largest absolute Gasteiger partial charge is 0.302 e. The molecule has 0 bridgehead atoms. The van der Waals surface area contributed by atoms with Crippen LogP contribution in [-0.2, 0) is 14.8 Å². The molecule has 1 aromatic heterocycles. The number of piperidine rings is 1. The third-order valence-electron chi connectivity index (χ3n) is 4.13. The summed E-state index contributed by atoms with van der Waals surface area (Å²) in [6.45, 7) is 2.43. The number of nitrogens with zero attached hydrogens (tertiary/aromatic N) is 2. The minimum Gasteiger partial charge on any atom is -0.302 e. The Morgan fingerprint density at radius 2 is 1.92 bits per heavy atom. The number of hydrogen-bond donors (Lipinski definition) is 1. The van der Waals surface area contributed by atoms with Crippen LogP contribution in [0.25, 0.3) is 0 Å². The van der Waals surface area contributed by atoms with Crippen LogP contribution in [0.2, 0.25) is 0 Å². The molecule has 1 amide bonds. The summed E-state index contributed by atoms with van der Waals surface area (Å²) in [6, 6.07) is 4.77. The molecule has 1 aromatic carbocycles. The molecule has 2 heterocycles. The average Bonchev–Trinajstić information content (AvgIpc) is 3.00. The number of anilines is 1. The Morgan fingerprint density at radius 3 is 2.48 bits per heavy atom. The lowest BCUT2D eigenvalue weighted by molar-refractivity contribution is -0.120. The van der Waals surface area contributed by atoms with Gasteiger partial charge >= 0.3 is 0 Å². The molecule has 1 aliphatic heterocycles. The van der Waals surface area contributed by atoms with Crippen LogP contribution in [0.15, 0.2) is 35.4 Å². The minimum atomic E-state index is -3.66. The molecule has 1 aliphatic rings. The van der Waals surface area contributed by atoms with E-state index >= 15 is 0 Å². The molecule has 0 aliphatic carbocycles. The molecule has 2 aromatic rings. The molecule has 134 valence electrons. The second-order valence-corrected chi connectivity index (χ2v) is 9.07. The van der Waals surface area contributed by atoms with Gasteiger partial charge in [0.1, 0.15) is 5.82 Å². The zero-order valence-corrected chi connectivity index (χ0v) is 15.2. The lowest BCUT2D eigenvalue weighted by Gasteiger charge is -2.30. The second kappa shape index (κ2) is 7.19. The molecule has 0 saturated carbocycles. The fraction of sp³-hybridized carbons (Fsp3) is 0.375. The van der Waals surface area contributed by atoms with Gasteiger partial charge in [-0.05, 0) is 44.0 Å². The first-order valence-corrected chi connectivity index (χ1v) is 10.1. The van der Waals surface area contributed by atoms with Gasteiger partial charge in [0.25, 0.3) is 0 Å². The lowest BCUT2D eigenvalue weighted by Crippen LogP contribution is -2.41. The highest BCUT2D eigenvalue weighted by atomic mass is 32.2. The zero-order chi connectivity index (χ0) is 18.0. The molecule has 0 atom stereocenters. The van der Waals surface area contributed by atoms with Gasteiger partial charge in [-0.2, -0.15) is 4.31 Å². The van der Waals surface area contributed by atoms with E-state index in [2.05, 4.69) is 10.3 Å². The molecule has 25 heavy (non-hydrogen) atoms. The highest BCUT2D eigenvalue weighted by molar-refractivity contribution is 7.89. The fourth-order valence-corrected chi connectivity index (χ4v) is 4.87. The zero-order valence-electron chi connectivity index (χ0n) is 13.6. The Morgan fingerprint density at radius 1 is 1.28 bits per heavy atom. The van der Waals surface area contributed by atoms with Crippen molar-refractivity contribution in [3.8, 4) is 0 Å². The van der Waals surface area contributed by atoms with E-state index in [-0.39, 0.29) is 29.8 Å². The van der Waals surface area contributed by atoms with Gasteiger partial charge in [-0.1, -0.05) is 0 Å². The van der Waals surface area contributed by atoms with Crippen LogP contribution >= 0.6 is 11.3 Å². The molecular weight excluding hydrogens is 365 g/mol. The molecule has 0 unspecified atom stereocenters. The lowest BCUT2D eigenvalue weighted by atomic mass is 9.97. The summed E-state index contributed by atoms with van der Waals surface area (Å²) in [5.41, 5.74) is 0. The molecule has 1 saturated heterocycles. The van der Waals surface area contributed by atoms with Gasteiger partial charge in [0, 0.05) is 30.1 Å². The summed E-state index contributed by atoms with van der Waals surface area (Å²) in [5, 5.41) is 3.34. The predicted octanol–water partition coefficient (Wildman–Crippen LogP) is 2.63. The van der Waals surface area contributed by atoms with E-state index < -0.39 is 15.8 Å². The molecule has 9 heteroatoms. The van der Waals surface area contributed by atoms with Gasteiger partial charge in [0.05, 0.1) is 4.90 Å². The molecular formula is C16H18FN3O3S2. The number of amides is 1. The molecule has 1 fully saturated rings. The van der Waals surface area contributed by atoms with Crippen molar-refractivity contribution in [3.05, 3.63) is 41.2 Å². The summed E-state index contributed by atoms with van der Waals surface area (Å²) >= 11 is 1.40. The van der Waals surface area contributed by atoms with E-state index in [1.807, 2.05) is 6.92 Å². The molecule has 3 rings (SSSR count). The van der Waals surface area contributed by atoms with Crippen molar-refractivity contribution in [2.24, 2.45) is 5.92 Å².